The van der Waals surface area contributed by atoms with Crippen LogP contribution in [0.1, 0.15) is 35.2 Å². The third-order valence-electron chi connectivity index (χ3n) is 5.39. The van der Waals surface area contributed by atoms with Crippen molar-refractivity contribution >= 4 is 11.8 Å². The molecule has 2 amide bonds. The fourth-order valence-corrected chi connectivity index (χ4v) is 3.61. The number of carbonyl (C=O) groups excluding carboxylic acids is 2. The van der Waals surface area contributed by atoms with Crippen LogP contribution < -0.4 is 10.1 Å². The highest BCUT2D eigenvalue weighted by molar-refractivity contribution is 5.94. The van der Waals surface area contributed by atoms with Gasteiger partial charge in [0.25, 0.3) is 5.91 Å². The monoisotopic (exact) mass is 398 g/mol. The number of rotatable bonds is 7. The van der Waals surface area contributed by atoms with Gasteiger partial charge in [-0.05, 0) is 67.1 Å². The Kier molecular flexibility index (Phi) is 7.22. The van der Waals surface area contributed by atoms with Crippen molar-refractivity contribution < 1.29 is 18.7 Å². The molecule has 0 aromatic heterocycles. The predicted molar refractivity (Wildman–Crippen MR) is 109 cm³/mol. The Morgan fingerprint density at radius 3 is 2.34 bits per heavy atom. The maximum atomic E-state index is 13.0. The number of benzene rings is 2. The molecule has 0 radical (unpaired) electrons. The average molecular weight is 398 g/mol. The number of halogens is 1. The van der Waals surface area contributed by atoms with E-state index in [1.54, 1.807) is 7.11 Å². The highest BCUT2D eigenvalue weighted by atomic mass is 19.1. The zero-order valence-electron chi connectivity index (χ0n) is 16.7. The molecule has 2 aromatic rings. The first-order valence-corrected chi connectivity index (χ1v) is 9.99. The van der Waals surface area contributed by atoms with E-state index in [2.05, 4.69) is 5.32 Å². The first-order chi connectivity index (χ1) is 14.0. The van der Waals surface area contributed by atoms with Crippen LogP contribution in [0.25, 0.3) is 0 Å². The molecule has 0 bridgehead atoms. The van der Waals surface area contributed by atoms with E-state index < -0.39 is 0 Å². The third kappa shape index (κ3) is 6.04. The minimum Gasteiger partial charge on any atom is -0.497 e. The van der Waals surface area contributed by atoms with Crippen LogP contribution >= 0.6 is 0 Å². The molecule has 0 atom stereocenters. The van der Waals surface area contributed by atoms with Gasteiger partial charge in [-0.3, -0.25) is 9.59 Å². The van der Waals surface area contributed by atoms with Crippen molar-refractivity contribution in [3.8, 4) is 5.75 Å². The van der Waals surface area contributed by atoms with E-state index >= 15 is 0 Å². The van der Waals surface area contributed by atoms with Gasteiger partial charge in [0.1, 0.15) is 11.6 Å². The van der Waals surface area contributed by atoms with Crippen molar-refractivity contribution in [1.29, 1.82) is 0 Å². The Labute approximate surface area is 170 Å². The fraction of sp³-hybridized carbons (Fsp3) is 0.391. The summed E-state index contributed by atoms with van der Waals surface area (Å²) in [6.45, 7) is 2.03. The lowest BCUT2D eigenvalue weighted by atomic mass is 9.93. The molecule has 0 saturated carbocycles. The molecular weight excluding hydrogens is 371 g/mol. The Bertz CT molecular complexity index is 813. The molecule has 1 N–H and O–H groups in total. The molecule has 29 heavy (non-hydrogen) atoms. The Morgan fingerprint density at radius 2 is 1.72 bits per heavy atom. The van der Waals surface area contributed by atoms with Crippen molar-refractivity contribution in [2.45, 2.75) is 25.7 Å². The minimum atomic E-state index is -0.339. The molecule has 6 heteroatoms. The summed E-state index contributed by atoms with van der Waals surface area (Å²) in [5.41, 5.74) is 1.48. The zero-order valence-corrected chi connectivity index (χ0v) is 16.7. The van der Waals surface area contributed by atoms with Gasteiger partial charge in [0.15, 0.2) is 0 Å². The number of amides is 2. The number of ether oxygens (including phenoxy) is 1. The average Bonchev–Trinajstić information content (AvgIpc) is 2.75. The van der Waals surface area contributed by atoms with Crippen molar-refractivity contribution in [2.75, 3.05) is 26.7 Å². The number of carbonyl (C=O) groups is 2. The van der Waals surface area contributed by atoms with Gasteiger partial charge in [0, 0.05) is 25.2 Å². The van der Waals surface area contributed by atoms with Crippen LogP contribution in [0.4, 0.5) is 4.39 Å². The summed E-state index contributed by atoms with van der Waals surface area (Å²) in [4.78, 5) is 26.4. The van der Waals surface area contributed by atoms with Gasteiger partial charge < -0.3 is 15.0 Å². The normalized spacial score (nSPS) is 14.5. The maximum Gasteiger partial charge on any atom is 0.253 e. The number of likely N-dealkylation sites (tertiary alicyclic amines) is 1. The quantitative estimate of drug-likeness (QED) is 0.777. The summed E-state index contributed by atoms with van der Waals surface area (Å²) < 4.78 is 18.1. The Hall–Kier alpha value is -2.89. The topological polar surface area (TPSA) is 58.6 Å². The molecule has 0 spiro atoms. The van der Waals surface area contributed by atoms with E-state index in [4.69, 9.17) is 4.74 Å². The smallest absolute Gasteiger partial charge is 0.253 e. The van der Waals surface area contributed by atoms with Gasteiger partial charge in [-0.15, -0.1) is 0 Å². The molecular formula is C23H27FN2O3. The molecule has 2 aromatic carbocycles. The summed E-state index contributed by atoms with van der Waals surface area (Å²) in [6, 6.07) is 13.2. The summed E-state index contributed by atoms with van der Waals surface area (Å²) in [6.07, 6.45) is 3.10. The van der Waals surface area contributed by atoms with E-state index in [-0.39, 0.29) is 17.6 Å². The third-order valence-corrected chi connectivity index (χ3v) is 5.39. The number of piperidine rings is 1. The fourth-order valence-electron chi connectivity index (χ4n) is 3.61. The number of hydrogen-bond donors (Lipinski definition) is 1. The van der Waals surface area contributed by atoms with E-state index in [0.29, 0.717) is 37.5 Å². The van der Waals surface area contributed by atoms with Crippen LogP contribution in [-0.2, 0) is 11.2 Å². The van der Waals surface area contributed by atoms with Gasteiger partial charge in [-0.2, -0.15) is 0 Å². The van der Waals surface area contributed by atoms with E-state index in [1.165, 1.54) is 24.3 Å². The lowest BCUT2D eigenvalue weighted by Gasteiger charge is -2.32. The van der Waals surface area contributed by atoms with Gasteiger partial charge in [0.2, 0.25) is 5.91 Å². The second-order valence-corrected chi connectivity index (χ2v) is 7.41. The van der Waals surface area contributed by atoms with Gasteiger partial charge in [-0.25, -0.2) is 4.39 Å². The lowest BCUT2D eigenvalue weighted by molar-refractivity contribution is -0.120. The van der Waals surface area contributed by atoms with Gasteiger partial charge in [0.05, 0.1) is 13.5 Å². The number of methoxy groups -OCH3 is 1. The predicted octanol–water partition coefficient (Wildman–Crippen LogP) is 3.44. The zero-order chi connectivity index (χ0) is 20.6. The molecule has 5 nitrogen and oxygen atoms in total. The first kappa shape index (κ1) is 20.8. The van der Waals surface area contributed by atoms with Crippen molar-refractivity contribution in [2.24, 2.45) is 5.92 Å². The summed E-state index contributed by atoms with van der Waals surface area (Å²) in [5, 5.41) is 2.99. The standard InChI is InChI=1S/C23H27FN2O3/c1-29-21-8-2-18(3-9-21)16-22(27)25-13-10-17-11-14-26(15-12-17)23(28)19-4-6-20(24)7-5-19/h2-9,17H,10-16H2,1H3,(H,25,27). The molecule has 1 aliphatic rings. The molecule has 3 rings (SSSR count). The maximum absolute atomic E-state index is 13.0. The first-order valence-electron chi connectivity index (χ1n) is 9.99. The summed E-state index contributed by atoms with van der Waals surface area (Å²) in [7, 11) is 1.62. The van der Waals surface area contributed by atoms with Crippen molar-refractivity contribution in [1.82, 2.24) is 10.2 Å². The second-order valence-electron chi connectivity index (χ2n) is 7.41. The largest absolute Gasteiger partial charge is 0.497 e. The number of hydrogen-bond acceptors (Lipinski definition) is 3. The highest BCUT2D eigenvalue weighted by Gasteiger charge is 2.23. The molecule has 154 valence electrons. The molecule has 1 aliphatic heterocycles. The molecule has 0 aliphatic carbocycles. The van der Waals surface area contributed by atoms with Crippen LogP contribution in [0.2, 0.25) is 0 Å². The molecule has 1 saturated heterocycles. The van der Waals surface area contributed by atoms with Crippen LogP contribution in [0.15, 0.2) is 48.5 Å². The summed E-state index contributed by atoms with van der Waals surface area (Å²) in [5.74, 6) is 0.900. The van der Waals surface area contributed by atoms with E-state index in [0.717, 1.165) is 30.6 Å². The van der Waals surface area contributed by atoms with E-state index in [1.807, 2.05) is 29.2 Å². The Morgan fingerprint density at radius 1 is 1.07 bits per heavy atom. The highest BCUT2D eigenvalue weighted by Crippen LogP contribution is 2.21. The Balaban J connectivity index is 1.35. The van der Waals surface area contributed by atoms with Crippen LogP contribution in [0.3, 0.4) is 0 Å². The molecule has 1 fully saturated rings. The summed E-state index contributed by atoms with van der Waals surface area (Å²) >= 11 is 0. The lowest BCUT2D eigenvalue weighted by Crippen LogP contribution is -2.39. The molecule has 0 unspecified atom stereocenters. The van der Waals surface area contributed by atoms with Gasteiger partial charge in [-0.1, -0.05) is 12.1 Å². The van der Waals surface area contributed by atoms with Crippen LogP contribution in [0, 0.1) is 11.7 Å². The van der Waals surface area contributed by atoms with Crippen LogP contribution in [-0.4, -0.2) is 43.5 Å². The van der Waals surface area contributed by atoms with Gasteiger partial charge >= 0.3 is 0 Å². The number of nitrogens with one attached hydrogen (secondary N) is 1. The van der Waals surface area contributed by atoms with E-state index in [9.17, 15) is 14.0 Å². The van der Waals surface area contributed by atoms with Crippen molar-refractivity contribution in [3.05, 3.63) is 65.5 Å². The molecule has 1 heterocycles. The van der Waals surface area contributed by atoms with Crippen LogP contribution in [0.5, 0.6) is 5.75 Å². The number of nitrogens with zero attached hydrogens (tertiary/aromatic N) is 1. The second kappa shape index (κ2) is 10.0. The SMILES string of the molecule is COc1ccc(CC(=O)NCCC2CCN(C(=O)c3ccc(F)cc3)CC2)cc1. The minimum absolute atomic E-state index is 0.0130. The van der Waals surface area contributed by atoms with Crippen molar-refractivity contribution in [3.63, 3.8) is 0 Å².